The van der Waals surface area contributed by atoms with Crippen LogP contribution in [0.25, 0.3) is 17.0 Å². The molecule has 2 aromatic carbocycles. The molecule has 0 saturated carbocycles. The molecule has 23 heavy (non-hydrogen) atoms. The number of nitrogens with zero attached hydrogens (tertiary/aromatic N) is 1. The highest BCUT2D eigenvalue weighted by molar-refractivity contribution is 6.10. The Hall–Kier alpha value is -3.14. The monoisotopic (exact) mass is 302 g/mol. The molecule has 0 atom stereocenters. The molecule has 4 heteroatoms. The molecule has 1 aliphatic heterocycles. The largest absolute Gasteiger partial charge is 0.488 e. The third-order valence-electron chi connectivity index (χ3n) is 3.82. The van der Waals surface area contributed by atoms with Crippen LogP contribution in [-0.2, 0) is 4.79 Å². The molecule has 0 aliphatic carbocycles. The number of pyridine rings is 1. The van der Waals surface area contributed by atoms with Crippen molar-refractivity contribution < 1.29 is 9.53 Å². The number of benzene rings is 2. The molecule has 0 unspecified atom stereocenters. The van der Waals surface area contributed by atoms with Gasteiger partial charge in [0.1, 0.15) is 12.4 Å². The average molecular weight is 302 g/mol. The highest BCUT2D eigenvalue weighted by atomic mass is 16.5. The van der Waals surface area contributed by atoms with Crippen LogP contribution in [0.4, 0.5) is 5.69 Å². The van der Waals surface area contributed by atoms with Crippen molar-refractivity contribution >= 4 is 28.6 Å². The minimum atomic E-state index is -0.157. The number of rotatable bonds is 2. The SMILES string of the molecule is O=C(Nc1cccc2ncccc12)C1=Cc2ccccc2OC1. The number of aromatic nitrogens is 1. The Morgan fingerprint density at radius 1 is 1.04 bits per heavy atom. The van der Waals surface area contributed by atoms with Crippen molar-refractivity contribution in [3.8, 4) is 5.75 Å². The lowest BCUT2D eigenvalue weighted by Gasteiger charge is -2.17. The maximum absolute atomic E-state index is 12.5. The van der Waals surface area contributed by atoms with E-state index in [1.807, 2.05) is 60.7 Å². The van der Waals surface area contributed by atoms with Crippen molar-refractivity contribution in [3.63, 3.8) is 0 Å². The number of nitrogens with one attached hydrogen (secondary N) is 1. The Kier molecular flexibility index (Phi) is 3.27. The van der Waals surface area contributed by atoms with Crippen molar-refractivity contribution in [1.29, 1.82) is 0 Å². The van der Waals surface area contributed by atoms with Gasteiger partial charge in [0.2, 0.25) is 0 Å². The van der Waals surface area contributed by atoms with Gasteiger partial charge in [-0.25, -0.2) is 0 Å². The molecule has 3 aromatic rings. The van der Waals surface area contributed by atoms with E-state index in [4.69, 9.17) is 4.74 Å². The van der Waals surface area contributed by atoms with E-state index in [9.17, 15) is 4.79 Å². The molecule has 1 amide bonds. The van der Waals surface area contributed by atoms with Crippen molar-refractivity contribution in [2.24, 2.45) is 0 Å². The smallest absolute Gasteiger partial charge is 0.255 e. The summed E-state index contributed by atoms with van der Waals surface area (Å²) in [4.78, 5) is 16.8. The summed E-state index contributed by atoms with van der Waals surface area (Å²) in [7, 11) is 0. The van der Waals surface area contributed by atoms with Crippen LogP contribution < -0.4 is 10.1 Å². The molecule has 2 heterocycles. The normalized spacial score (nSPS) is 13.0. The minimum absolute atomic E-state index is 0.157. The van der Waals surface area contributed by atoms with Crippen LogP contribution in [-0.4, -0.2) is 17.5 Å². The molecule has 0 spiro atoms. The first-order chi connectivity index (χ1) is 11.3. The van der Waals surface area contributed by atoms with Crippen LogP contribution in [0.3, 0.4) is 0 Å². The number of anilines is 1. The summed E-state index contributed by atoms with van der Waals surface area (Å²) < 4.78 is 5.64. The van der Waals surface area contributed by atoms with Crippen LogP contribution in [0.2, 0.25) is 0 Å². The van der Waals surface area contributed by atoms with Gasteiger partial charge < -0.3 is 10.1 Å². The second-order valence-electron chi connectivity index (χ2n) is 5.33. The Labute approximate surface area is 133 Å². The number of fused-ring (bicyclic) bond motifs is 2. The zero-order valence-electron chi connectivity index (χ0n) is 12.3. The second kappa shape index (κ2) is 5.57. The Morgan fingerprint density at radius 3 is 2.91 bits per heavy atom. The van der Waals surface area contributed by atoms with E-state index in [1.165, 1.54) is 0 Å². The Bertz CT molecular complexity index is 926. The summed E-state index contributed by atoms with van der Waals surface area (Å²) in [5.74, 6) is 0.647. The highest BCUT2D eigenvalue weighted by Crippen LogP contribution is 2.27. The number of amides is 1. The lowest BCUT2D eigenvalue weighted by Crippen LogP contribution is -2.21. The molecule has 0 bridgehead atoms. The van der Waals surface area contributed by atoms with E-state index in [1.54, 1.807) is 6.20 Å². The lowest BCUT2D eigenvalue weighted by molar-refractivity contribution is -0.113. The number of carbonyl (C=O) groups excluding carboxylic acids is 1. The first-order valence-electron chi connectivity index (χ1n) is 7.39. The van der Waals surface area contributed by atoms with Crippen LogP contribution in [0.15, 0.2) is 66.4 Å². The first kappa shape index (κ1) is 13.5. The Balaban J connectivity index is 1.65. The predicted molar refractivity (Wildman–Crippen MR) is 90.3 cm³/mol. The maximum atomic E-state index is 12.5. The van der Waals surface area contributed by atoms with Gasteiger partial charge in [-0.05, 0) is 36.4 Å². The summed E-state index contributed by atoms with van der Waals surface area (Å²) in [5, 5.41) is 3.88. The third kappa shape index (κ3) is 2.55. The molecule has 1 aliphatic rings. The fourth-order valence-corrected chi connectivity index (χ4v) is 2.66. The van der Waals surface area contributed by atoms with E-state index in [2.05, 4.69) is 10.3 Å². The topological polar surface area (TPSA) is 51.2 Å². The fraction of sp³-hybridized carbons (Fsp3) is 0.0526. The molecule has 0 fully saturated rings. The molecular weight excluding hydrogens is 288 g/mol. The second-order valence-corrected chi connectivity index (χ2v) is 5.33. The van der Waals surface area contributed by atoms with E-state index >= 15 is 0 Å². The van der Waals surface area contributed by atoms with Gasteiger partial charge in [-0.15, -0.1) is 0 Å². The summed E-state index contributed by atoms with van der Waals surface area (Å²) in [5.41, 5.74) is 3.12. The average Bonchev–Trinajstić information content (AvgIpc) is 2.61. The molecule has 0 radical (unpaired) electrons. The van der Waals surface area contributed by atoms with E-state index in [-0.39, 0.29) is 12.5 Å². The fourth-order valence-electron chi connectivity index (χ4n) is 2.66. The number of para-hydroxylation sites is 1. The molecule has 112 valence electrons. The van der Waals surface area contributed by atoms with E-state index in [0.29, 0.717) is 5.57 Å². The van der Waals surface area contributed by atoms with Gasteiger partial charge >= 0.3 is 0 Å². The molecule has 4 nitrogen and oxygen atoms in total. The summed E-state index contributed by atoms with van der Waals surface area (Å²) >= 11 is 0. The van der Waals surface area contributed by atoms with Gasteiger partial charge in [0.25, 0.3) is 5.91 Å². The number of carbonyl (C=O) groups is 1. The molecule has 0 saturated heterocycles. The summed E-state index contributed by atoms with van der Waals surface area (Å²) in [6.45, 7) is 0.270. The molecule has 1 N–H and O–H groups in total. The summed E-state index contributed by atoms with van der Waals surface area (Å²) in [6, 6.07) is 17.2. The Morgan fingerprint density at radius 2 is 1.96 bits per heavy atom. The minimum Gasteiger partial charge on any atom is -0.488 e. The van der Waals surface area contributed by atoms with Gasteiger partial charge in [-0.2, -0.15) is 0 Å². The number of hydrogen-bond donors (Lipinski definition) is 1. The van der Waals surface area contributed by atoms with Crippen LogP contribution >= 0.6 is 0 Å². The third-order valence-corrected chi connectivity index (χ3v) is 3.82. The lowest BCUT2D eigenvalue weighted by atomic mass is 10.1. The zero-order chi connectivity index (χ0) is 15.6. The highest BCUT2D eigenvalue weighted by Gasteiger charge is 2.17. The van der Waals surface area contributed by atoms with Gasteiger partial charge in [-0.1, -0.05) is 24.3 Å². The first-order valence-corrected chi connectivity index (χ1v) is 7.39. The van der Waals surface area contributed by atoms with Crippen LogP contribution in [0.5, 0.6) is 5.75 Å². The molecule has 1 aromatic heterocycles. The van der Waals surface area contributed by atoms with Crippen LogP contribution in [0, 0.1) is 0 Å². The van der Waals surface area contributed by atoms with Crippen molar-refractivity contribution in [2.45, 2.75) is 0 Å². The summed E-state index contributed by atoms with van der Waals surface area (Å²) in [6.07, 6.45) is 3.61. The maximum Gasteiger partial charge on any atom is 0.255 e. The van der Waals surface area contributed by atoms with Crippen molar-refractivity contribution in [1.82, 2.24) is 4.98 Å². The molecular formula is C19H14N2O2. The van der Waals surface area contributed by atoms with Crippen molar-refractivity contribution in [3.05, 3.63) is 71.9 Å². The van der Waals surface area contributed by atoms with Gasteiger partial charge in [0.15, 0.2) is 0 Å². The van der Waals surface area contributed by atoms with Crippen LogP contribution in [0.1, 0.15) is 5.56 Å². The van der Waals surface area contributed by atoms with Crippen molar-refractivity contribution in [2.75, 3.05) is 11.9 Å². The van der Waals surface area contributed by atoms with Gasteiger partial charge in [0, 0.05) is 17.1 Å². The quantitative estimate of drug-likeness (QED) is 0.786. The molecule has 4 rings (SSSR count). The van der Waals surface area contributed by atoms with Gasteiger partial charge in [0.05, 0.1) is 16.8 Å². The van der Waals surface area contributed by atoms with E-state index < -0.39 is 0 Å². The zero-order valence-corrected chi connectivity index (χ0v) is 12.3. The number of ether oxygens (including phenoxy) is 1. The van der Waals surface area contributed by atoms with E-state index in [0.717, 1.165) is 27.9 Å². The standard InChI is InChI=1S/C19H14N2O2/c22-19(14-11-13-5-1-2-9-18(13)23-12-14)21-17-8-3-7-16-15(17)6-4-10-20-16/h1-11H,12H2,(H,21,22). The predicted octanol–water partition coefficient (Wildman–Crippen LogP) is 3.65. The van der Waals surface area contributed by atoms with Gasteiger partial charge in [-0.3, -0.25) is 9.78 Å². The number of hydrogen-bond acceptors (Lipinski definition) is 3.